The lowest BCUT2D eigenvalue weighted by molar-refractivity contribution is 0.497. The summed E-state index contributed by atoms with van der Waals surface area (Å²) in [6.45, 7) is 3.95. The summed E-state index contributed by atoms with van der Waals surface area (Å²) in [5.74, 6) is 1.41. The van der Waals surface area contributed by atoms with Gasteiger partial charge in [-0.05, 0) is 43.9 Å². The van der Waals surface area contributed by atoms with Crippen LogP contribution in [0.5, 0.6) is 0 Å². The summed E-state index contributed by atoms with van der Waals surface area (Å²) in [5, 5.41) is 11.6. The third kappa shape index (κ3) is 2.87. The molecule has 1 aliphatic carbocycles. The molecule has 2 aromatic heterocycles. The van der Waals surface area contributed by atoms with Gasteiger partial charge in [-0.2, -0.15) is 0 Å². The summed E-state index contributed by atoms with van der Waals surface area (Å²) in [5.41, 5.74) is 1.48. The summed E-state index contributed by atoms with van der Waals surface area (Å²) in [6.07, 6.45) is 5.83. The Hall–Kier alpha value is -1.20. The smallest absolute Gasteiger partial charge is 0.257 e. The molecule has 2 aromatic rings. The topological polar surface area (TPSA) is 51.0 Å². The van der Waals surface area contributed by atoms with Gasteiger partial charge < -0.3 is 9.73 Å². The van der Waals surface area contributed by atoms with Crippen molar-refractivity contribution in [1.82, 2.24) is 15.5 Å². The maximum Gasteiger partial charge on any atom is 0.257 e. The van der Waals surface area contributed by atoms with Crippen molar-refractivity contribution in [2.75, 3.05) is 13.1 Å². The average Bonchev–Trinajstić information content (AvgIpc) is 3.04. The molecular weight excluding hydrogens is 258 g/mol. The lowest BCUT2D eigenvalue weighted by Gasteiger charge is -2.08. The Labute approximate surface area is 117 Å². The van der Waals surface area contributed by atoms with Crippen LogP contribution < -0.4 is 5.32 Å². The van der Waals surface area contributed by atoms with Crippen LogP contribution in [0.4, 0.5) is 0 Å². The van der Waals surface area contributed by atoms with Crippen LogP contribution in [0.2, 0.25) is 0 Å². The van der Waals surface area contributed by atoms with Crippen molar-refractivity contribution >= 4 is 11.3 Å². The summed E-state index contributed by atoms with van der Waals surface area (Å²) >= 11 is 1.82. The molecule has 1 N–H and O–H groups in total. The fourth-order valence-electron chi connectivity index (χ4n) is 2.42. The van der Waals surface area contributed by atoms with E-state index in [0.717, 1.165) is 30.3 Å². The molecule has 0 atom stereocenters. The first-order valence-corrected chi connectivity index (χ1v) is 7.83. The molecule has 1 aliphatic rings. The zero-order valence-electron chi connectivity index (χ0n) is 11.2. The summed E-state index contributed by atoms with van der Waals surface area (Å²) < 4.78 is 5.74. The first kappa shape index (κ1) is 12.8. The van der Waals surface area contributed by atoms with Gasteiger partial charge >= 0.3 is 0 Å². The second-order valence-electron chi connectivity index (χ2n) is 4.87. The van der Waals surface area contributed by atoms with Crippen molar-refractivity contribution in [3.05, 3.63) is 22.4 Å². The first-order valence-electron chi connectivity index (χ1n) is 7.02. The SMILES string of the molecule is CCNCCc1nnc(-c2cc3c(s2)CCCC3)o1. The third-order valence-electron chi connectivity index (χ3n) is 3.44. The van der Waals surface area contributed by atoms with Crippen molar-refractivity contribution in [1.29, 1.82) is 0 Å². The molecule has 0 amide bonds. The van der Waals surface area contributed by atoms with Crippen LogP contribution in [0, 0.1) is 0 Å². The molecule has 5 heteroatoms. The molecule has 0 saturated carbocycles. The normalized spacial score (nSPS) is 14.6. The van der Waals surface area contributed by atoms with E-state index in [1.165, 1.54) is 36.1 Å². The molecule has 0 aliphatic heterocycles. The molecule has 102 valence electrons. The van der Waals surface area contributed by atoms with Gasteiger partial charge in [0, 0.05) is 17.8 Å². The largest absolute Gasteiger partial charge is 0.420 e. The van der Waals surface area contributed by atoms with Crippen LogP contribution in [0.15, 0.2) is 10.5 Å². The minimum absolute atomic E-state index is 0.686. The van der Waals surface area contributed by atoms with Gasteiger partial charge in [0.25, 0.3) is 5.89 Å². The van der Waals surface area contributed by atoms with E-state index in [1.54, 1.807) is 0 Å². The summed E-state index contributed by atoms with van der Waals surface area (Å²) in [6, 6.07) is 2.24. The van der Waals surface area contributed by atoms with Gasteiger partial charge in [0.15, 0.2) is 0 Å². The van der Waals surface area contributed by atoms with E-state index >= 15 is 0 Å². The van der Waals surface area contributed by atoms with Crippen LogP contribution in [0.1, 0.15) is 36.1 Å². The molecule has 0 radical (unpaired) electrons. The van der Waals surface area contributed by atoms with Crippen LogP contribution in [0.3, 0.4) is 0 Å². The molecule has 0 fully saturated rings. The minimum Gasteiger partial charge on any atom is -0.420 e. The molecule has 0 saturated heterocycles. The Kier molecular flexibility index (Phi) is 3.94. The Balaban J connectivity index is 1.73. The maximum absolute atomic E-state index is 5.74. The van der Waals surface area contributed by atoms with E-state index in [4.69, 9.17) is 4.42 Å². The van der Waals surface area contributed by atoms with Gasteiger partial charge in [-0.1, -0.05) is 6.92 Å². The molecule has 0 unspecified atom stereocenters. The first-order chi connectivity index (χ1) is 9.36. The number of likely N-dealkylation sites (N-methyl/N-ethyl adjacent to an activating group) is 1. The fourth-order valence-corrected chi connectivity index (χ4v) is 3.60. The number of nitrogens with one attached hydrogen (secondary N) is 1. The molecule has 3 rings (SSSR count). The molecule has 0 bridgehead atoms. The number of thiophene rings is 1. The number of aromatic nitrogens is 2. The van der Waals surface area contributed by atoms with Crippen molar-refractivity contribution in [3.8, 4) is 10.8 Å². The monoisotopic (exact) mass is 277 g/mol. The number of hydrogen-bond acceptors (Lipinski definition) is 5. The van der Waals surface area contributed by atoms with Crippen molar-refractivity contribution in [2.24, 2.45) is 0 Å². The van der Waals surface area contributed by atoms with Gasteiger partial charge in [-0.15, -0.1) is 21.5 Å². The number of hydrogen-bond donors (Lipinski definition) is 1. The van der Waals surface area contributed by atoms with Gasteiger partial charge in [0.2, 0.25) is 5.89 Å². The van der Waals surface area contributed by atoms with Gasteiger partial charge in [0.05, 0.1) is 4.88 Å². The molecule has 0 aromatic carbocycles. The van der Waals surface area contributed by atoms with Crippen LogP contribution in [-0.4, -0.2) is 23.3 Å². The van der Waals surface area contributed by atoms with Crippen molar-refractivity contribution < 1.29 is 4.42 Å². The van der Waals surface area contributed by atoms with Gasteiger partial charge in [-0.3, -0.25) is 0 Å². The Morgan fingerprint density at radius 2 is 2.21 bits per heavy atom. The predicted molar refractivity (Wildman–Crippen MR) is 76.5 cm³/mol. The zero-order valence-corrected chi connectivity index (χ0v) is 12.1. The van der Waals surface area contributed by atoms with Gasteiger partial charge in [-0.25, -0.2) is 0 Å². The lowest BCUT2D eigenvalue weighted by atomic mass is 9.99. The molecule has 0 spiro atoms. The highest BCUT2D eigenvalue weighted by Gasteiger charge is 2.17. The fraction of sp³-hybridized carbons (Fsp3) is 0.571. The van der Waals surface area contributed by atoms with Crippen LogP contribution in [-0.2, 0) is 19.3 Å². The van der Waals surface area contributed by atoms with E-state index in [0.29, 0.717) is 5.89 Å². The Morgan fingerprint density at radius 1 is 1.32 bits per heavy atom. The molecule has 19 heavy (non-hydrogen) atoms. The Morgan fingerprint density at radius 3 is 3.05 bits per heavy atom. The van der Waals surface area contributed by atoms with E-state index < -0.39 is 0 Å². The third-order valence-corrected chi connectivity index (χ3v) is 4.66. The van der Waals surface area contributed by atoms with E-state index in [-0.39, 0.29) is 0 Å². The van der Waals surface area contributed by atoms with Crippen molar-refractivity contribution in [3.63, 3.8) is 0 Å². The molecule has 2 heterocycles. The zero-order chi connectivity index (χ0) is 13.1. The molecule has 4 nitrogen and oxygen atoms in total. The minimum atomic E-state index is 0.686. The van der Waals surface area contributed by atoms with E-state index in [9.17, 15) is 0 Å². The summed E-state index contributed by atoms with van der Waals surface area (Å²) in [4.78, 5) is 2.64. The summed E-state index contributed by atoms with van der Waals surface area (Å²) in [7, 11) is 0. The highest BCUT2D eigenvalue weighted by Crippen LogP contribution is 2.35. The Bertz CT molecular complexity index is 523. The van der Waals surface area contributed by atoms with Crippen LogP contribution >= 0.6 is 11.3 Å². The quantitative estimate of drug-likeness (QED) is 0.854. The van der Waals surface area contributed by atoms with E-state index in [1.807, 2.05) is 11.3 Å². The van der Waals surface area contributed by atoms with E-state index in [2.05, 4.69) is 28.5 Å². The maximum atomic E-state index is 5.74. The molecular formula is C14H19N3OS. The second kappa shape index (κ2) is 5.84. The predicted octanol–water partition coefficient (Wildman–Crippen LogP) is 2.83. The second-order valence-corrected chi connectivity index (χ2v) is 6.01. The number of aryl methyl sites for hydroxylation is 2. The lowest BCUT2D eigenvalue weighted by Crippen LogP contribution is -2.16. The van der Waals surface area contributed by atoms with Crippen LogP contribution in [0.25, 0.3) is 10.8 Å². The van der Waals surface area contributed by atoms with Crippen molar-refractivity contribution in [2.45, 2.75) is 39.0 Å². The highest BCUT2D eigenvalue weighted by atomic mass is 32.1. The highest BCUT2D eigenvalue weighted by molar-refractivity contribution is 7.15. The number of nitrogens with zero attached hydrogens (tertiary/aromatic N) is 2. The number of rotatable bonds is 5. The number of fused-ring (bicyclic) bond motifs is 1. The van der Waals surface area contributed by atoms with Gasteiger partial charge in [0.1, 0.15) is 0 Å². The standard InChI is InChI=1S/C14H19N3OS/c1-2-15-8-7-13-16-17-14(18-13)12-9-10-5-3-4-6-11(10)19-12/h9,15H,2-8H2,1H3. The average molecular weight is 277 g/mol.